The number of benzene rings is 1. The minimum Gasteiger partial charge on any atom is -0.465 e. The molecular weight excluding hydrogens is 298 g/mol. The molecular formula is C21H37NO2. The molecule has 0 aromatic heterocycles. The predicted molar refractivity (Wildman–Crippen MR) is 104 cm³/mol. The molecule has 0 unspecified atom stereocenters. The highest BCUT2D eigenvalue weighted by Gasteiger charge is 2.14. The Kier molecular flexibility index (Phi) is 13.0. The summed E-state index contributed by atoms with van der Waals surface area (Å²) in [5, 5.41) is 10.9. The molecule has 1 aliphatic rings. The Morgan fingerprint density at radius 1 is 1.17 bits per heavy atom. The Morgan fingerprint density at radius 3 is 2.25 bits per heavy atom. The fourth-order valence-corrected chi connectivity index (χ4v) is 2.76. The first-order valence-electron chi connectivity index (χ1n) is 9.53. The molecule has 0 radical (unpaired) electrons. The Bertz CT molecular complexity index is 437. The number of rotatable bonds is 4. The molecule has 2 rings (SSSR count). The van der Waals surface area contributed by atoms with Crippen LogP contribution in [0.1, 0.15) is 77.3 Å². The van der Waals surface area contributed by atoms with Gasteiger partial charge < -0.3 is 10.4 Å². The van der Waals surface area contributed by atoms with E-state index in [9.17, 15) is 4.79 Å². The van der Waals surface area contributed by atoms with Crippen LogP contribution in [-0.2, 0) is 6.42 Å². The van der Waals surface area contributed by atoms with Crippen LogP contribution in [0.25, 0.3) is 0 Å². The van der Waals surface area contributed by atoms with Crippen molar-refractivity contribution in [3.63, 3.8) is 0 Å². The molecule has 0 aliphatic heterocycles. The zero-order chi connectivity index (χ0) is 18.4. The third kappa shape index (κ3) is 11.1. The van der Waals surface area contributed by atoms with E-state index in [1.807, 2.05) is 13.8 Å². The summed E-state index contributed by atoms with van der Waals surface area (Å²) in [5.74, 6) is 0.810. The zero-order valence-electron chi connectivity index (χ0n) is 16.3. The number of hydrogen-bond acceptors (Lipinski definition) is 1. The van der Waals surface area contributed by atoms with E-state index in [1.54, 1.807) is 0 Å². The first-order chi connectivity index (χ1) is 11.5. The number of amides is 1. The van der Waals surface area contributed by atoms with E-state index >= 15 is 0 Å². The lowest BCUT2D eigenvalue weighted by molar-refractivity contribution is 0.186. The maximum absolute atomic E-state index is 10.2. The second-order valence-electron chi connectivity index (χ2n) is 6.64. The van der Waals surface area contributed by atoms with Crippen molar-refractivity contribution in [2.24, 2.45) is 5.92 Å². The van der Waals surface area contributed by atoms with Crippen LogP contribution in [0.15, 0.2) is 24.3 Å². The summed E-state index contributed by atoms with van der Waals surface area (Å²) >= 11 is 0. The molecule has 0 bridgehead atoms. The number of nitrogens with one attached hydrogen (secondary N) is 1. The van der Waals surface area contributed by atoms with Crippen LogP contribution >= 0.6 is 0 Å². The van der Waals surface area contributed by atoms with Crippen LogP contribution in [0.3, 0.4) is 0 Å². The van der Waals surface area contributed by atoms with Gasteiger partial charge in [0.05, 0.1) is 0 Å². The van der Waals surface area contributed by atoms with E-state index in [1.165, 1.54) is 43.2 Å². The van der Waals surface area contributed by atoms with Crippen LogP contribution < -0.4 is 5.32 Å². The normalized spacial score (nSPS) is 14.1. The van der Waals surface area contributed by atoms with Gasteiger partial charge in [0.25, 0.3) is 0 Å². The highest BCUT2D eigenvalue weighted by molar-refractivity contribution is 5.64. The molecule has 0 atom stereocenters. The number of carbonyl (C=O) groups is 1. The molecule has 3 nitrogen and oxygen atoms in total. The number of carboxylic acid groups (broad SMARTS) is 1. The fraction of sp³-hybridized carbons (Fsp3) is 0.667. The molecule has 2 N–H and O–H groups in total. The maximum Gasteiger partial charge on any atom is 0.404 e. The van der Waals surface area contributed by atoms with Gasteiger partial charge in [0.2, 0.25) is 0 Å². The van der Waals surface area contributed by atoms with Crippen molar-refractivity contribution in [3.05, 3.63) is 35.4 Å². The zero-order valence-corrected chi connectivity index (χ0v) is 16.3. The summed E-state index contributed by atoms with van der Waals surface area (Å²) in [5.41, 5.74) is 2.93. The van der Waals surface area contributed by atoms with E-state index < -0.39 is 6.09 Å². The minimum atomic E-state index is -0.882. The summed E-state index contributed by atoms with van der Waals surface area (Å²) in [6.45, 7) is 10.7. The van der Waals surface area contributed by atoms with Crippen LogP contribution in [0, 0.1) is 12.8 Å². The fourth-order valence-electron chi connectivity index (χ4n) is 2.76. The van der Waals surface area contributed by atoms with Crippen molar-refractivity contribution in [2.75, 3.05) is 0 Å². The van der Waals surface area contributed by atoms with Crippen molar-refractivity contribution in [1.82, 2.24) is 5.32 Å². The molecule has 0 spiro atoms. The van der Waals surface area contributed by atoms with E-state index in [-0.39, 0.29) is 6.04 Å². The van der Waals surface area contributed by atoms with Gasteiger partial charge in [-0.1, -0.05) is 71.2 Å². The van der Waals surface area contributed by atoms with E-state index in [2.05, 4.69) is 50.4 Å². The standard InChI is InChI=1S/C12H18.C7H13NO2.C2H6/c1-10(2)8-9-12-7-5-4-6-11(12)3;9-7(10)8-6-4-2-1-3-5-6;1-2/h4-7,10H,8-9H2,1-3H3;6,8H,1-5H2,(H,9,10);1-2H3. The second-order valence-corrected chi connectivity index (χ2v) is 6.64. The Labute approximate surface area is 148 Å². The van der Waals surface area contributed by atoms with Gasteiger partial charge in [-0.15, -0.1) is 0 Å². The third-order valence-corrected chi connectivity index (χ3v) is 4.19. The Hall–Kier alpha value is -1.51. The molecule has 24 heavy (non-hydrogen) atoms. The monoisotopic (exact) mass is 335 g/mol. The summed E-state index contributed by atoms with van der Waals surface area (Å²) < 4.78 is 0. The quantitative estimate of drug-likeness (QED) is 0.688. The summed E-state index contributed by atoms with van der Waals surface area (Å²) in [7, 11) is 0. The predicted octanol–water partition coefficient (Wildman–Crippen LogP) is 6.20. The lowest BCUT2D eigenvalue weighted by Gasteiger charge is -2.20. The Balaban J connectivity index is 0.000000405. The maximum atomic E-state index is 10.2. The smallest absolute Gasteiger partial charge is 0.404 e. The van der Waals surface area contributed by atoms with Gasteiger partial charge in [0.1, 0.15) is 0 Å². The first-order valence-corrected chi connectivity index (χ1v) is 9.53. The van der Waals surface area contributed by atoms with Gasteiger partial charge in [-0.25, -0.2) is 4.79 Å². The highest BCUT2D eigenvalue weighted by atomic mass is 16.4. The Morgan fingerprint density at radius 2 is 1.75 bits per heavy atom. The highest BCUT2D eigenvalue weighted by Crippen LogP contribution is 2.17. The average molecular weight is 336 g/mol. The molecule has 0 heterocycles. The van der Waals surface area contributed by atoms with Gasteiger partial charge in [0.15, 0.2) is 0 Å². The van der Waals surface area contributed by atoms with Crippen molar-refractivity contribution in [2.45, 2.75) is 85.6 Å². The van der Waals surface area contributed by atoms with Gasteiger partial charge >= 0.3 is 6.09 Å². The van der Waals surface area contributed by atoms with Gasteiger partial charge in [-0.05, 0) is 49.7 Å². The van der Waals surface area contributed by atoms with Crippen LogP contribution in [-0.4, -0.2) is 17.2 Å². The molecule has 138 valence electrons. The second kappa shape index (κ2) is 13.9. The van der Waals surface area contributed by atoms with E-state index in [0.29, 0.717) is 0 Å². The molecule has 1 saturated carbocycles. The van der Waals surface area contributed by atoms with Gasteiger partial charge in [-0.2, -0.15) is 0 Å². The largest absolute Gasteiger partial charge is 0.465 e. The molecule has 1 fully saturated rings. The van der Waals surface area contributed by atoms with Crippen LogP contribution in [0.4, 0.5) is 4.79 Å². The molecule has 1 aromatic rings. The van der Waals surface area contributed by atoms with E-state index in [4.69, 9.17) is 5.11 Å². The van der Waals surface area contributed by atoms with Gasteiger partial charge in [0, 0.05) is 6.04 Å². The SMILES string of the molecule is CC.Cc1ccccc1CCC(C)C.O=C(O)NC1CCCCC1. The third-order valence-electron chi connectivity index (χ3n) is 4.19. The topological polar surface area (TPSA) is 49.3 Å². The molecule has 1 amide bonds. The molecule has 3 heteroatoms. The van der Waals surface area contributed by atoms with Crippen LogP contribution in [0.2, 0.25) is 0 Å². The van der Waals surface area contributed by atoms with Gasteiger partial charge in [-0.3, -0.25) is 0 Å². The lowest BCUT2D eigenvalue weighted by Crippen LogP contribution is -2.34. The molecule has 1 aromatic carbocycles. The summed E-state index contributed by atoms with van der Waals surface area (Å²) in [4.78, 5) is 10.2. The number of hydrogen-bond donors (Lipinski definition) is 2. The van der Waals surface area contributed by atoms with Crippen molar-refractivity contribution in [1.29, 1.82) is 0 Å². The van der Waals surface area contributed by atoms with Crippen molar-refractivity contribution >= 4 is 6.09 Å². The van der Waals surface area contributed by atoms with Crippen LogP contribution in [0.5, 0.6) is 0 Å². The number of aryl methyl sites for hydroxylation is 2. The lowest BCUT2D eigenvalue weighted by atomic mass is 9.96. The molecule has 0 saturated heterocycles. The van der Waals surface area contributed by atoms with Crippen molar-refractivity contribution < 1.29 is 9.90 Å². The minimum absolute atomic E-state index is 0.228. The van der Waals surface area contributed by atoms with Crippen molar-refractivity contribution in [3.8, 4) is 0 Å². The average Bonchev–Trinajstić information content (AvgIpc) is 2.57. The summed E-state index contributed by atoms with van der Waals surface area (Å²) in [6, 6.07) is 8.88. The van der Waals surface area contributed by atoms with E-state index in [0.717, 1.165) is 18.8 Å². The summed E-state index contributed by atoms with van der Waals surface area (Å²) in [6.07, 6.45) is 7.29. The first kappa shape index (κ1) is 22.5. The molecule has 1 aliphatic carbocycles.